The molecule has 0 aromatic carbocycles. The van der Waals surface area contributed by atoms with Gasteiger partial charge in [0.1, 0.15) is 5.82 Å². The van der Waals surface area contributed by atoms with Gasteiger partial charge in [0, 0.05) is 25.9 Å². The van der Waals surface area contributed by atoms with Gasteiger partial charge in [0.2, 0.25) is 0 Å². The lowest BCUT2D eigenvalue weighted by molar-refractivity contribution is -0.00546. The van der Waals surface area contributed by atoms with Crippen LogP contribution < -0.4 is 10.2 Å². The van der Waals surface area contributed by atoms with Gasteiger partial charge in [0.05, 0.1) is 29.9 Å². The molecule has 2 aliphatic rings. The van der Waals surface area contributed by atoms with Crippen LogP contribution in [0, 0.1) is 0 Å². The van der Waals surface area contributed by atoms with E-state index in [1.807, 2.05) is 19.1 Å². The average molecular weight is 333 g/mol. The van der Waals surface area contributed by atoms with Gasteiger partial charge < -0.3 is 19.7 Å². The van der Waals surface area contributed by atoms with E-state index in [0.717, 1.165) is 38.4 Å². The highest BCUT2D eigenvalue weighted by atomic mass is 16.5. The Labute approximate surface area is 143 Å². The Bertz CT molecular complexity index is 547. The lowest BCUT2D eigenvalue weighted by Gasteiger charge is -2.36. The Hall–Kier alpha value is -1.66. The largest absolute Gasteiger partial charge is 0.376 e. The molecular formula is C18H27N3O3. The van der Waals surface area contributed by atoms with Gasteiger partial charge >= 0.3 is 0 Å². The quantitative estimate of drug-likeness (QED) is 0.913. The van der Waals surface area contributed by atoms with Crippen LogP contribution in [0.25, 0.3) is 0 Å². The number of nitrogens with zero attached hydrogens (tertiary/aromatic N) is 2. The maximum Gasteiger partial charge on any atom is 0.253 e. The summed E-state index contributed by atoms with van der Waals surface area (Å²) in [6.45, 7) is 8.55. The van der Waals surface area contributed by atoms with Crippen molar-refractivity contribution in [2.24, 2.45) is 0 Å². The summed E-state index contributed by atoms with van der Waals surface area (Å²) in [7, 11) is 0. The molecule has 0 bridgehead atoms. The minimum absolute atomic E-state index is 0.0145. The van der Waals surface area contributed by atoms with Gasteiger partial charge in [-0.25, -0.2) is 4.98 Å². The van der Waals surface area contributed by atoms with Gasteiger partial charge in [-0.05, 0) is 45.7 Å². The Kier molecular flexibility index (Phi) is 5.36. The maximum absolute atomic E-state index is 12.4. The Morgan fingerprint density at radius 1 is 1.33 bits per heavy atom. The standard InChI is InChI=1S/C18H27N3O3/c1-12-10-21(11-13(2)24-12)17-7-6-15(9-19-17)18(22)20-14(3)16-5-4-8-23-16/h6-7,9,12-14,16H,4-5,8,10-11H2,1-3H3,(H,20,22)/t12-,13+,14-,16-/m1/s1. The van der Waals surface area contributed by atoms with Crippen LogP contribution in [0.3, 0.4) is 0 Å². The number of pyridine rings is 1. The first-order valence-electron chi connectivity index (χ1n) is 8.82. The van der Waals surface area contributed by atoms with Crippen LogP contribution in [-0.2, 0) is 9.47 Å². The smallest absolute Gasteiger partial charge is 0.253 e. The number of carbonyl (C=O) groups is 1. The molecule has 0 aliphatic carbocycles. The summed E-state index contributed by atoms with van der Waals surface area (Å²) < 4.78 is 11.4. The highest BCUT2D eigenvalue weighted by Crippen LogP contribution is 2.19. The second-order valence-corrected chi connectivity index (χ2v) is 6.88. The summed E-state index contributed by atoms with van der Waals surface area (Å²) in [6, 6.07) is 3.77. The van der Waals surface area contributed by atoms with Crippen molar-refractivity contribution in [1.29, 1.82) is 0 Å². The molecular weight excluding hydrogens is 306 g/mol. The summed E-state index contributed by atoms with van der Waals surface area (Å²) in [5.41, 5.74) is 0.581. The first kappa shape index (κ1) is 17.2. The molecule has 6 nitrogen and oxygen atoms in total. The van der Waals surface area contributed by atoms with Crippen LogP contribution in [0.1, 0.15) is 44.0 Å². The Morgan fingerprint density at radius 3 is 2.67 bits per heavy atom. The van der Waals surface area contributed by atoms with Crippen molar-refractivity contribution in [3.63, 3.8) is 0 Å². The zero-order valence-corrected chi connectivity index (χ0v) is 14.7. The predicted octanol–water partition coefficient (Wildman–Crippen LogP) is 1.99. The van der Waals surface area contributed by atoms with E-state index in [9.17, 15) is 4.79 Å². The summed E-state index contributed by atoms with van der Waals surface area (Å²) in [5.74, 6) is 0.793. The van der Waals surface area contributed by atoms with Crippen LogP contribution in [0.4, 0.5) is 5.82 Å². The van der Waals surface area contributed by atoms with Gasteiger partial charge in [-0.2, -0.15) is 0 Å². The average Bonchev–Trinajstić information content (AvgIpc) is 3.08. The van der Waals surface area contributed by atoms with Crippen molar-refractivity contribution >= 4 is 11.7 Å². The Morgan fingerprint density at radius 2 is 2.08 bits per heavy atom. The normalized spacial score (nSPS) is 28.6. The van der Waals surface area contributed by atoms with Gasteiger partial charge in [0.25, 0.3) is 5.91 Å². The number of amides is 1. The van der Waals surface area contributed by atoms with Crippen molar-refractivity contribution in [2.75, 3.05) is 24.6 Å². The lowest BCUT2D eigenvalue weighted by atomic mass is 10.1. The molecule has 1 N–H and O–H groups in total. The summed E-state index contributed by atoms with van der Waals surface area (Å²) in [6.07, 6.45) is 4.22. The van der Waals surface area contributed by atoms with E-state index in [0.29, 0.717) is 5.56 Å². The lowest BCUT2D eigenvalue weighted by Crippen LogP contribution is -2.45. The first-order chi connectivity index (χ1) is 11.5. The van der Waals surface area contributed by atoms with Crippen LogP contribution >= 0.6 is 0 Å². The molecule has 1 aromatic heterocycles. The van der Waals surface area contributed by atoms with Crippen molar-refractivity contribution in [1.82, 2.24) is 10.3 Å². The monoisotopic (exact) mass is 333 g/mol. The second-order valence-electron chi connectivity index (χ2n) is 6.88. The van der Waals surface area contributed by atoms with E-state index in [2.05, 4.69) is 29.0 Å². The van der Waals surface area contributed by atoms with Gasteiger partial charge in [-0.3, -0.25) is 4.79 Å². The van der Waals surface area contributed by atoms with Crippen molar-refractivity contribution < 1.29 is 14.3 Å². The number of carbonyl (C=O) groups excluding carboxylic acids is 1. The van der Waals surface area contributed by atoms with E-state index in [-0.39, 0.29) is 30.3 Å². The number of anilines is 1. The Balaban J connectivity index is 1.60. The minimum Gasteiger partial charge on any atom is -0.376 e. The van der Waals surface area contributed by atoms with Crippen LogP contribution in [-0.4, -0.2) is 54.9 Å². The summed E-state index contributed by atoms with van der Waals surface area (Å²) >= 11 is 0. The SMILES string of the molecule is C[C@@H]1CN(c2ccc(C(=O)N[C@H](C)[C@H]3CCCO3)cn2)C[C@H](C)O1. The fraction of sp³-hybridized carbons (Fsp3) is 0.667. The molecule has 0 radical (unpaired) electrons. The van der Waals surface area contributed by atoms with Gasteiger partial charge in [-0.1, -0.05) is 0 Å². The van der Waals surface area contributed by atoms with Crippen molar-refractivity contribution in [3.8, 4) is 0 Å². The van der Waals surface area contributed by atoms with Gasteiger partial charge in [0.15, 0.2) is 0 Å². The zero-order chi connectivity index (χ0) is 17.1. The van der Waals surface area contributed by atoms with Crippen molar-refractivity contribution in [2.45, 2.75) is 58.0 Å². The molecule has 0 unspecified atom stereocenters. The molecule has 2 saturated heterocycles. The number of ether oxygens (including phenoxy) is 2. The number of rotatable bonds is 4. The molecule has 4 atom stereocenters. The van der Waals surface area contributed by atoms with E-state index >= 15 is 0 Å². The number of hydrogen-bond donors (Lipinski definition) is 1. The number of nitrogens with one attached hydrogen (secondary N) is 1. The van der Waals surface area contributed by atoms with Crippen molar-refractivity contribution in [3.05, 3.63) is 23.9 Å². The topological polar surface area (TPSA) is 63.7 Å². The molecule has 0 spiro atoms. The highest BCUT2D eigenvalue weighted by molar-refractivity contribution is 5.94. The molecule has 3 heterocycles. The highest BCUT2D eigenvalue weighted by Gasteiger charge is 2.25. The fourth-order valence-corrected chi connectivity index (χ4v) is 3.45. The maximum atomic E-state index is 12.4. The van der Waals surface area contributed by atoms with E-state index < -0.39 is 0 Å². The molecule has 132 valence electrons. The number of aromatic nitrogens is 1. The van der Waals surface area contributed by atoms with E-state index in [4.69, 9.17) is 9.47 Å². The van der Waals surface area contributed by atoms with E-state index in [1.54, 1.807) is 6.20 Å². The fourth-order valence-electron chi connectivity index (χ4n) is 3.45. The molecule has 24 heavy (non-hydrogen) atoms. The predicted molar refractivity (Wildman–Crippen MR) is 92.4 cm³/mol. The molecule has 3 rings (SSSR count). The number of hydrogen-bond acceptors (Lipinski definition) is 5. The molecule has 1 aromatic rings. The van der Waals surface area contributed by atoms with Crippen LogP contribution in [0.5, 0.6) is 0 Å². The molecule has 6 heteroatoms. The third-order valence-corrected chi connectivity index (χ3v) is 4.64. The zero-order valence-electron chi connectivity index (χ0n) is 14.7. The number of morpholine rings is 1. The molecule has 1 amide bonds. The van der Waals surface area contributed by atoms with Crippen LogP contribution in [0.15, 0.2) is 18.3 Å². The van der Waals surface area contributed by atoms with Crippen LogP contribution in [0.2, 0.25) is 0 Å². The summed E-state index contributed by atoms with van der Waals surface area (Å²) in [5, 5.41) is 3.01. The summed E-state index contributed by atoms with van der Waals surface area (Å²) in [4.78, 5) is 19.0. The first-order valence-corrected chi connectivity index (χ1v) is 8.82. The van der Waals surface area contributed by atoms with E-state index in [1.165, 1.54) is 0 Å². The minimum atomic E-state index is -0.0965. The molecule has 2 aliphatic heterocycles. The molecule has 0 saturated carbocycles. The third-order valence-electron chi connectivity index (χ3n) is 4.64. The second kappa shape index (κ2) is 7.49. The van der Waals surface area contributed by atoms with Gasteiger partial charge in [-0.15, -0.1) is 0 Å². The molecule has 2 fully saturated rings. The third kappa shape index (κ3) is 4.05.